The molecule has 0 radical (unpaired) electrons. The molecule has 3 heterocycles. The fourth-order valence-electron chi connectivity index (χ4n) is 13.7. The van der Waals surface area contributed by atoms with Crippen molar-refractivity contribution in [3.8, 4) is 44.5 Å². The van der Waals surface area contributed by atoms with Gasteiger partial charge in [-0.05, 0) is 158 Å². The summed E-state index contributed by atoms with van der Waals surface area (Å²) in [7, 11) is 0. The minimum Gasteiger partial charge on any atom is -0.456 e. The van der Waals surface area contributed by atoms with Gasteiger partial charge in [0.1, 0.15) is 11.2 Å². The van der Waals surface area contributed by atoms with Crippen LogP contribution in [0.15, 0.2) is 318 Å². The maximum Gasteiger partial charge on any atom is 0.135 e. The molecule has 0 fully saturated rings. The summed E-state index contributed by atoms with van der Waals surface area (Å²) in [5.74, 6) is 0. The first-order valence-corrected chi connectivity index (χ1v) is 30.3. The van der Waals surface area contributed by atoms with Crippen LogP contribution in [0.25, 0.3) is 86.6 Å². The van der Waals surface area contributed by atoms with E-state index in [2.05, 4.69) is 313 Å². The van der Waals surface area contributed by atoms with Gasteiger partial charge in [-0.1, -0.05) is 224 Å². The van der Waals surface area contributed by atoms with Crippen LogP contribution in [-0.2, 0) is 5.41 Å². The van der Waals surface area contributed by atoms with E-state index in [0.29, 0.717) is 0 Å². The standard InChI is InChI=1S/C79H50N2OS2/c1-4-22-51(23-5-1)53-26-18-30-57(46-53)81(58-31-19-27-54(47-58)52-24-6-2-7-25-52)71-40-20-35-63-76-70(39-21-43-75(76)84-78(63)71)80(56-28-8-3-9-29-56)59-49-64(55-44-45-73-65(48-55)62-34-12-16-41-72(62)82-73)77-69(50-59)79(68-38-15-17-42-74(68)83-77)66-36-13-10-32-60(66)61-33-11-14-37-67(61)79/h1-50H. The summed E-state index contributed by atoms with van der Waals surface area (Å²) in [6.45, 7) is 0. The average Bonchev–Trinajstić information content (AvgIpc) is 2.02. The van der Waals surface area contributed by atoms with Crippen molar-refractivity contribution in [3.05, 3.63) is 326 Å². The predicted molar refractivity (Wildman–Crippen MR) is 354 cm³/mol. The van der Waals surface area contributed by atoms with Gasteiger partial charge in [0.2, 0.25) is 0 Å². The van der Waals surface area contributed by atoms with Gasteiger partial charge in [-0.3, -0.25) is 0 Å². The van der Waals surface area contributed by atoms with Crippen LogP contribution >= 0.6 is 23.1 Å². The molecule has 2 aliphatic rings. The molecular formula is C79H50N2OS2. The number of hydrogen-bond donors (Lipinski definition) is 0. The highest BCUT2D eigenvalue weighted by molar-refractivity contribution is 7.99. The van der Waals surface area contributed by atoms with Crippen molar-refractivity contribution in [1.29, 1.82) is 0 Å². The Bertz CT molecular complexity index is 4950. The molecule has 84 heavy (non-hydrogen) atoms. The normalized spacial score (nSPS) is 12.8. The molecular weight excluding hydrogens is 1060 g/mol. The van der Waals surface area contributed by atoms with E-state index in [4.69, 9.17) is 4.42 Å². The number of fused-ring (bicyclic) bond motifs is 15. The Labute approximate surface area is 495 Å². The molecule has 3 nitrogen and oxygen atoms in total. The maximum absolute atomic E-state index is 6.51. The number of furan rings is 1. The van der Waals surface area contributed by atoms with Crippen LogP contribution in [0, 0.1) is 0 Å². The van der Waals surface area contributed by atoms with E-state index in [-0.39, 0.29) is 0 Å². The number of rotatable bonds is 9. The van der Waals surface area contributed by atoms with E-state index in [9.17, 15) is 0 Å². The summed E-state index contributed by atoms with van der Waals surface area (Å²) in [5.41, 5.74) is 22.4. The highest BCUT2D eigenvalue weighted by Crippen LogP contribution is 2.64. The molecule has 0 atom stereocenters. The van der Waals surface area contributed by atoms with Crippen LogP contribution in [0.4, 0.5) is 34.1 Å². The van der Waals surface area contributed by atoms with Gasteiger partial charge in [0.05, 0.1) is 21.5 Å². The number of anilines is 6. The highest BCUT2D eigenvalue weighted by Gasteiger charge is 2.51. The molecule has 1 spiro atoms. The molecule has 0 N–H and O–H groups in total. The van der Waals surface area contributed by atoms with Gasteiger partial charge in [-0.15, -0.1) is 11.3 Å². The topological polar surface area (TPSA) is 19.6 Å². The first-order valence-electron chi connectivity index (χ1n) is 28.6. The van der Waals surface area contributed by atoms with E-state index >= 15 is 0 Å². The molecule has 2 aromatic heterocycles. The summed E-state index contributed by atoms with van der Waals surface area (Å²) in [5, 5.41) is 4.62. The highest BCUT2D eigenvalue weighted by atomic mass is 32.2. The van der Waals surface area contributed by atoms with Gasteiger partial charge in [0.15, 0.2) is 0 Å². The zero-order valence-electron chi connectivity index (χ0n) is 45.5. The second-order valence-electron chi connectivity index (χ2n) is 21.9. The molecule has 0 saturated heterocycles. The lowest BCUT2D eigenvalue weighted by molar-refractivity contribution is 0.669. The third kappa shape index (κ3) is 7.53. The van der Waals surface area contributed by atoms with Crippen molar-refractivity contribution in [1.82, 2.24) is 0 Å². The molecule has 17 rings (SSSR count). The third-order valence-electron chi connectivity index (χ3n) is 17.3. The molecule has 0 amide bonds. The molecule has 0 bridgehead atoms. The van der Waals surface area contributed by atoms with Crippen molar-refractivity contribution < 1.29 is 4.42 Å². The van der Waals surface area contributed by atoms with Gasteiger partial charge >= 0.3 is 0 Å². The van der Waals surface area contributed by atoms with E-state index in [0.717, 1.165) is 72.8 Å². The van der Waals surface area contributed by atoms with Crippen molar-refractivity contribution >= 4 is 99.3 Å². The minimum atomic E-state index is -0.626. The Hall–Kier alpha value is -10.2. The number of nitrogens with zero attached hydrogens (tertiary/aromatic N) is 2. The van der Waals surface area contributed by atoms with Crippen LogP contribution < -0.4 is 9.80 Å². The minimum absolute atomic E-state index is 0.626. The van der Waals surface area contributed by atoms with Gasteiger partial charge in [0, 0.05) is 58.8 Å². The molecule has 5 heteroatoms. The van der Waals surface area contributed by atoms with E-state index in [1.54, 1.807) is 0 Å². The first kappa shape index (κ1) is 48.5. The molecule has 1 aliphatic heterocycles. The van der Waals surface area contributed by atoms with E-state index in [1.807, 2.05) is 23.1 Å². The van der Waals surface area contributed by atoms with Gasteiger partial charge < -0.3 is 14.2 Å². The second-order valence-corrected chi connectivity index (χ2v) is 24.0. The Morgan fingerprint density at radius 2 is 0.845 bits per heavy atom. The van der Waals surface area contributed by atoms with Crippen LogP contribution in [0.1, 0.15) is 22.3 Å². The molecule has 0 unspecified atom stereocenters. The summed E-state index contributed by atoms with van der Waals surface area (Å²) < 4.78 is 8.93. The molecule has 15 aromatic rings. The smallest absolute Gasteiger partial charge is 0.135 e. The second kappa shape index (κ2) is 19.5. The summed E-state index contributed by atoms with van der Waals surface area (Å²) in [6, 6.07) is 112. The summed E-state index contributed by atoms with van der Waals surface area (Å²) >= 11 is 3.76. The Morgan fingerprint density at radius 3 is 1.56 bits per heavy atom. The number of hydrogen-bond acceptors (Lipinski definition) is 5. The van der Waals surface area contributed by atoms with Gasteiger partial charge in [-0.25, -0.2) is 0 Å². The fourth-order valence-corrected chi connectivity index (χ4v) is 16.2. The van der Waals surface area contributed by atoms with Crippen molar-refractivity contribution in [2.75, 3.05) is 9.80 Å². The third-order valence-corrected chi connectivity index (χ3v) is 19.7. The number of thiophene rings is 1. The Balaban J connectivity index is 0.934. The van der Waals surface area contributed by atoms with Crippen molar-refractivity contribution in [3.63, 3.8) is 0 Å². The van der Waals surface area contributed by atoms with Crippen LogP contribution in [0.3, 0.4) is 0 Å². The fraction of sp³-hybridized carbons (Fsp3) is 0.0127. The molecule has 13 aromatic carbocycles. The van der Waals surface area contributed by atoms with Crippen LogP contribution in [0.2, 0.25) is 0 Å². The van der Waals surface area contributed by atoms with Gasteiger partial charge in [0.25, 0.3) is 0 Å². The Kier molecular flexibility index (Phi) is 11.3. The molecule has 394 valence electrons. The SMILES string of the molecule is c1ccc(-c2cccc(N(c3cccc(-c4ccccc4)c3)c3cccc4c3sc3cccc(N(c5ccccc5)c5cc(-c6ccc7oc8ccccc8c7c6)c6c(c5)C5(c7ccccc7S6)c6ccccc6-c6ccccc65)c34)c2)cc1. The van der Waals surface area contributed by atoms with E-state index < -0.39 is 5.41 Å². The van der Waals surface area contributed by atoms with E-state index in [1.165, 1.54) is 80.0 Å². The maximum atomic E-state index is 6.51. The first-order chi connectivity index (χ1) is 41.7. The quantitative estimate of drug-likeness (QED) is 0.143. The number of para-hydroxylation sites is 2. The zero-order valence-corrected chi connectivity index (χ0v) is 47.1. The summed E-state index contributed by atoms with van der Waals surface area (Å²) in [6.07, 6.45) is 0. The Morgan fingerprint density at radius 1 is 0.310 bits per heavy atom. The molecule has 0 saturated carbocycles. The lowest BCUT2D eigenvalue weighted by atomic mass is 9.66. The lowest BCUT2D eigenvalue weighted by Crippen LogP contribution is -2.32. The van der Waals surface area contributed by atoms with Gasteiger partial charge in [-0.2, -0.15) is 0 Å². The monoisotopic (exact) mass is 1110 g/mol. The average molecular weight is 1110 g/mol. The summed E-state index contributed by atoms with van der Waals surface area (Å²) in [4.78, 5) is 7.51. The van der Waals surface area contributed by atoms with Crippen LogP contribution in [-0.4, -0.2) is 0 Å². The van der Waals surface area contributed by atoms with Crippen molar-refractivity contribution in [2.45, 2.75) is 15.2 Å². The zero-order chi connectivity index (χ0) is 55.3. The predicted octanol–water partition coefficient (Wildman–Crippen LogP) is 22.7. The largest absolute Gasteiger partial charge is 0.456 e. The molecule has 1 aliphatic carbocycles. The number of benzene rings is 13. The van der Waals surface area contributed by atoms with Crippen molar-refractivity contribution in [2.24, 2.45) is 0 Å². The van der Waals surface area contributed by atoms with Crippen LogP contribution in [0.5, 0.6) is 0 Å². The lowest BCUT2D eigenvalue weighted by Gasteiger charge is -2.41.